The Kier molecular flexibility index (Phi) is 3.47. The zero-order valence-electron chi connectivity index (χ0n) is 11.7. The fraction of sp³-hybridized carbons (Fsp3) is 0.571. The average molecular weight is 283 g/mol. The van der Waals surface area contributed by atoms with E-state index >= 15 is 0 Å². The molecule has 19 heavy (non-hydrogen) atoms. The van der Waals surface area contributed by atoms with Gasteiger partial charge in [-0.2, -0.15) is 0 Å². The molecule has 0 saturated heterocycles. The molecule has 0 radical (unpaired) electrons. The number of fused-ring (bicyclic) bond motifs is 1. The van der Waals surface area contributed by atoms with Crippen LogP contribution < -0.4 is 5.32 Å². The number of rotatable bonds is 1. The van der Waals surface area contributed by atoms with Crippen molar-refractivity contribution < 1.29 is 9.53 Å². The highest BCUT2D eigenvalue weighted by atomic mass is 35.5. The molecule has 1 aromatic rings. The first-order valence-corrected chi connectivity index (χ1v) is 6.74. The molecule has 2 rings (SSSR count). The summed E-state index contributed by atoms with van der Waals surface area (Å²) < 4.78 is 5.30. The summed E-state index contributed by atoms with van der Waals surface area (Å²) in [5.41, 5.74) is 0.945. The van der Waals surface area contributed by atoms with Crippen molar-refractivity contribution in [1.29, 1.82) is 0 Å². The Balaban J connectivity index is 2.18. The van der Waals surface area contributed by atoms with Crippen LogP contribution in [0.5, 0.6) is 0 Å². The van der Waals surface area contributed by atoms with Gasteiger partial charge in [-0.3, -0.25) is 0 Å². The van der Waals surface area contributed by atoms with Crippen LogP contribution in [0, 0.1) is 0 Å². The van der Waals surface area contributed by atoms with Gasteiger partial charge in [0, 0.05) is 0 Å². The van der Waals surface area contributed by atoms with Crippen LogP contribution in [0.4, 0.5) is 4.79 Å². The van der Waals surface area contributed by atoms with E-state index in [1.54, 1.807) is 6.07 Å². The maximum Gasteiger partial charge on any atom is 0.408 e. The van der Waals surface area contributed by atoms with Crippen molar-refractivity contribution in [3.63, 3.8) is 0 Å². The number of halogens is 1. The average Bonchev–Trinajstić information content (AvgIpc) is 2.53. The maximum absolute atomic E-state index is 11.9. The molecular formula is C14H19ClN2O2. The second-order valence-electron chi connectivity index (χ2n) is 6.10. The van der Waals surface area contributed by atoms with Gasteiger partial charge in [-0.25, -0.2) is 9.78 Å². The van der Waals surface area contributed by atoms with Gasteiger partial charge < -0.3 is 10.1 Å². The highest BCUT2D eigenvalue weighted by Gasteiger charge is 2.38. The van der Waals surface area contributed by atoms with Gasteiger partial charge in [-0.1, -0.05) is 17.7 Å². The fourth-order valence-electron chi connectivity index (χ4n) is 2.30. The molecular weight excluding hydrogens is 264 g/mol. The number of nitrogens with zero attached hydrogens (tertiary/aromatic N) is 1. The number of amides is 1. The number of ether oxygens (including phenoxy) is 1. The molecule has 0 fully saturated rings. The SMILES string of the molecule is CC(C)(C)OC(=O)N[C@@]1(C)CCc2ccc(Cl)nc21. The van der Waals surface area contributed by atoms with E-state index in [1.807, 2.05) is 33.8 Å². The van der Waals surface area contributed by atoms with Crippen molar-refractivity contribution in [1.82, 2.24) is 10.3 Å². The first kappa shape index (κ1) is 14.1. The lowest BCUT2D eigenvalue weighted by molar-refractivity contribution is 0.0459. The number of carbonyl (C=O) groups is 1. The maximum atomic E-state index is 11.9. The molecule has 4 nitrogen and oxygen atoms in total. The molecule has 0 saturated carbocycles. The molecule has 1 atom stereocenters. The Labute approximate surface area is 118 Å². The lowest BCUT2D eigenvalue weighted by Crippen LogP contribution is -2.44. The Morgan fingerprint density at radius 1 is 1.47 bits per heavy atom. The Morgan fingerprint density at radius 3 is 2.79 bits per heavy atom. The zero-order valence-corrected chi connectivity index (χ0v) is 12.5. The molecule has 0 unspecified atom stereocenters. The van der Waals surface area contributed by atoms with Crippen LogP contribution in [0.15, 0.2) is 12.1 Å². The molecule has 1 aromatic heterocycles. The molecule has 0 aliphatic heterocycles. The summed E-state index contributed by atoms with van der Waals surface area (Å²) in [6.07, 6.45) is 1.25. The minimum Gasteiger partial charge on any atom is -0.444 e. The number of aryl methyl sites for hydroxylation is 1. The number of carbonyl (C=O) groups excluding carboxylic acids is 1. The second kappa shape index (κ2) is 4.67. The third-order valence-corrected chi connectivity index (χ3v) is 3.35. The standard InChI is InChI=1S/C14H19ClN2O2/c1-13(2,3)19-12(18)17-14(4)8-7-9-5-6-10(15)16-11(9)14/h5-6H,7-8H2,1-4H3,(H,17,18)/t14-/m0/s1. The molecule has 1 N–H and O–H groups in total. The van der Waals surface area contributed by atoms with E-state index in [0.29, 0.717) is 5.15 Å². The smallest absolute Gasteiger partial charge is 0.408 e. The number of hydrogen-bond donors (Lipinski definition) is 1. The van der Waals surface area contributed by atoms with Gasteiger partial charge in [-0.05, 0) is 52.2 Å². The summed E-state index contributed by atoms with van der Waals surface area (Å²) in [5.74, 6) is 0. The van der Waals surface area contributed by atoms with E-state index in [4.69, 9.17) is 16.3 Å². The van der Waals surface area contributed by atoms with Gasteiger partial charge in [0.25, 0.3) is 0 Å². The van der Waals surface area contributed by atoms with Gasteiger partial charge in [0.05, 0.1) is 11.2 Å². The van der Waals surface area contributed by atoms with Crippen molar-refractivity contribution in [3.8, 4) is 0 Å². The molecule has 1 aliphatic rings. The number of pyridine rings is 1. The van der Waals surface area contributed by atoms with E-state index in [9.17, 15) is 4.79 Å². The minimum absolute atomic E-state index is 0.426. The van der Waals surface area contributed by atoms with Crippen LogP contribution in [0.3, 0.4) is 0 Å². The van der Waals surface area contributed by atoms with Crippen molar-refractivity contribution in [2.24, 2.45) is 0 Å². The predicted octanol–water partition coefficient (Wildman–Crippen LogP) is 3.42. The zero-order chi connectivity index (χ0) is 14.3. The third-order valence-electron chi connectivity index (χ3n) is 3.14. The predicted molar refractivity (Wildman–Crippen MR) is 74.3 cm³/mol. The monoisotopic (exact) mass is 282 g/mol. The molecule has 1 amide bonds. The van der Waals surface area contributed by atoms with E-state index in [0.717, 1.165) is 24.1 Å². The van der Waals surface area contributed by atoms with Gasteiger partial charge in [0.1, 0.15) is 10.8 Å². The molecule has 104 valence electrons. The molecule has 1 aliphatic carbocycles. The molecule has 0 spiro atoms. The lowest BCUT2D eigenvalue weighted by Gasteiger charge is -2.28. The summed E-state index contributed by atoms with van der Waals surface area (Å²) in [6, 6.07) is 3.74. The molecule has 1 heterocycles. The van der Waals surface area contributed by atoms with Crippen molar-refractivity contribution in [2.45, 2.75) is 51.7 Å². The fourth-order valence-corrected chi connectivity index (χ4v) is 2.44. The number of hydrogen-bond acceptors (Lipinski definition) is 3. The lowest BCUT2D eigenvalue weighted by atomic mass is 9.99. The van der Waals surface area contributed by atoms with Crippen LogP contribution in [0.25, 0.3) is 0 Å². The van der Waals surface area contributed by atoms with Crippen molar-refractivity contribution >= 4 is 17.7 Å². The van der Waals surface area contributed by atoms with Crippen LogP contribution in [-0.2, 0) is 16.7 Å². The van der Waals surface area contributed by atoms with Crippen LogP contribution in [0.1, 0.15) is 45.4 Å². The quantitative estimate of drug-likeness (QED) is 0.803. The first-order chi connectivity index (χ1) is 8.70. The van der Waals surface area contributed by atoms with Gasteiger partial charge in [0.2, 0.25) is 0 Å². The van der Waals surface area contributed by atoms with E-state index in [-0.39, 0.29) is 0 Å². The molecule has 5 heteroatoms. The van der Waals surface area contributed by atoms with Crippen LogP contribution >= 0.6 is 11.6 Å². The summed E-state index contributed by atoms with van der Waals surface area (Å²) in [7, 11) is 0. The summed E-state index contributed by atoms with van der Waals surface area (Å²) in [6.45, 7) is 7.47. The Morgan fingerprint density at radius 2 is 2.16 bits per heavy atom. The van der Waals surface area contributed by atoms with Gasteiger partial charge >= 0.3 is 6.09 Å². The normalized spacial score (nSPS) is 21.9. The van der Waals surface area contributed by atoms with Crippen molar-refractivity contribution in [3.05, 3.63) is 28.5 Å². The first-order valence-electron chi connectivity index (χ1n) is 6.37. The summed E-state index contributed by atoms with van der Waals surface area (Å²) >= 11 is 5.94. The van der Waals surface area contributed by atoms with Gasteiger partial charge in [0.15, 0.2) is 0 Å². The van der Waals surface area contributed by atoms with Crippen molar-refractivity contribution in [2.75, 3.05) is 0 Å². The second-order valence-corrected chi connectivity index (χ2v) is 6.49. The highest BCUT2D eigenvalue weighted by Crippen LogP contribution is 2.36. The van der Waals surface area contributed by atoms with E-state index in [1.165, 1.54) is 0 Å². The number of aromatic nitrogens is 1. The number of alkyl carbamates (subject to hydrolysis) is 1. The Bertz CT molecular complexity index is 511. The Hall–Kier alpha value is -1.29. The third kappa shape index (κ3) is 3.18. The largest absolute Gasteiger partial charge is 0.444 e. The van der Waals surface area contributed by atoms with E-state index in [2.05, 4.69) is 10.3 Å². The van der Waals surface area contributed by atoms with E-state index < -0.39 is 17.2 Å². The number of nitrogens with one attached hydrogen (secondary N) is 1. The van der Waals surface area contributed by atoms with Crippen LogP contribution in [-0.4, -0.2) is 16.7 Å². The topological polar surface area (TPSA) is 51.2 Å². The molecule has 0 bridgehead atoms. The minimum atomic E-state index is -0.511. The van der Waals surface area contributed by atoms with Gasteiger partial charge in [-0.15, -0.1) is 0 Å². The molecule has 0 aromatic carbocycles. The van der Waals surface area contributed by atoms with Crippen LogP contribution in [0.2, 0.25) is 5.15 Å². The highest BCUT2D eigenvalue weighted by molar-refractivity contribution is 6.29. The summed E-state index contributed by atoms with van der Waals surface area (Å²) in [5, 5.41) is 3.36. The summed E-state index contributed by atoms with van der Waals surface area (Å²) in [4.78, 5) is 16.3.